The van der Waals surface area contributed by atoms with Gasteiger partial charge in [-0.15, -0.1) is 0 Å². The van der Waals surface area contributed by atoms with Gasteiger partial charge in [-0.3, -0.25) is 0 Å². The van der Waals surface area contributed by atoms with Crippen LogP contribution in [0, 0.1) is 5.92 Å². The minimum atomic E-state index is -0.566. The third-order valence-corrected chi connectivity index (χ3v) is 3.95. The number of hydrogen-bond acceptors (Lipinski definition) is 3. The molecule has 1 atom stereocenters. The molecule has 0 spiro atoms. The van der Waals surface area contributed by atoms with Gasteiger partial charge in [0.15, 0.2) is 5.75 Å². The molecule has 0 aliphatic heterocycles. The first kappa shape index (κ1) is 14.9. The normalized spacial score (nSPS) is 23.8. The summed E-state index contributed by atoms with van der Waals surface area (Å²) in [5.74, 6) is 1.23. The fraction of sp³-hybridized carbons (Fsp3) is 0.571. The molecule has 0 aromatic heterocycles. The van der Waals surface area contributed by atoms with E-state index in [1.54, 1.807) is 18.2 Å². The number of benzene rings is 1. The predicted octanol–water partition coefficient (Wildman–Crippen LogP) is 3.12. The highest BCUT2D eigenvalue weighted by Crippen LogP contribution is 2.32. The van der Waals surface area contributed by atoms with E-state index >= 15 is 0 Å². The molecule has 0 heterocycles. The first-order valence-electron chi connectivity index (χ1n) is 6.54. The number of halogens is 2. The SMILES string of the molecule is CC1CC(NCC(O)COc2c(Cl)cccc2Cl)C1. The zero-order valence-corrected chi connectivity index (χ0v) is 12.4. The Hall–Kier alpha value is -0.480. The van der Waals surface area contributed by atoms with Crippen LogP contribution in [0.5, 0.6) is 5.75 Å². The molecule has 2 N–H and O–H groups in total. The van der Waals surface area contributed by atoms with E-state index in [1.165, 1.54) is 12.8 Å². The van der Waals surface area contributed by atoms with Gasteiger partial charge >= 0.3 is 0 Å². The van der Waals surface area contributed by atoms with Gasteiger partial charge in [-0.25, -0.2) is 0 Å². The van der Waals surface area contributed by atoms with Crippen LogP contribution in [0.2, 0.25) is 10.0 Å². The molecule has 2 rings (SSSR count). The van der Waals surface area contributed by atoms with Crippen molar-refractivity contribution in [2.45, 2.75) is 31.9 Å². The smallest absolute Gasteiger partial charge is 0.156 e. The lowest BCUT2D eigenvalue weighted by Crippen LogP contribution is -2.44. The predicted molar refractivity (Wildman–Crippen MR) is 78.2 cm³/mol. The summed E-state index contributed by atoms with van der Waals surface area (Å²) in [5, 5.41) is 14.1. The Morgan fingerprint density at radius 3 is 2.58 bits per heavy atom. The van der Waals surface area contributed by atoms with Crippen LogP contribution < -0.4 is 10.1 Å². The van der Waals surface area contributed by atoms with Gasteiger partial charge in [-0.2, -0.15) is 0 Å². The maximum Gasteiger partial charge on any atom is 0.156 e. The van der Waals surface area contributed by atoms with Gasteiger partial charge in [0.25, 0.3) is 0 Å². The molecule has 0 amide bonds. The van der Waals surface area contributed by atoms with Crippen molar-refractivity contribution in [3.05, 3.63) is 28.2 Å². The number of rotatable bonds is 6. The molecular formula is C14H19Cl2NO2. The minimum absolute atomic E-state index is 0.179. The van der Waals surface area contributed by atoms with Crippen molar-refractivity contribution in [1.82, 2.24) is 5.32 Å². The van der Waals surface area contributed by atoms with Crippen molar-refractivity contribution in [1.29, 1.82) is 0 Å². The van der Waals surface area contributed by atoms with Crippen LogP contribution in [0.25, 0.3) is 0 Å². The summed E-state index contributed by atoms with van der Waals surface area (Å²) in [6.07, 6.45) is 1.80. The topological polar surface area (TPSA) is 41.5 Å². The van der Waals surface area contributed by atoms with Crippen LogP contribution in [-0.4, -0.2) is 30.4 Å². The Morgan fingerprint density at radius 2 is 2.00 bits per heavy atom. The molecule has 1 aromatic carbocycles. The highest BCUT2D eigenvalue weighted by atomic mass is 35.5. The highest BCUT2D eigenvalue weighted by molar-refractivity contribution is 6.37. The molecule has 1 aliphatic carbocycles. The zero-order chi connectivity index (χ0) is 13.8. The Bertz CT molecular complexity index is 402. The second-order valence-electron chi connectivity index (χ2n) is 5.20. The molecule has 5 heteroatoms. The van der Waals surface area contributed by atoms with Crippen LogP contribution in [0.1, 0.15) is 19.8 Å². The molecule has 1 aliphatic rings. The molecule has 0 bridgehead atoms. The van der Waals surface area contributed by atoms with Crippen molar-refractivity contribution < 1.29 is 9.84 Å². The van der Waals surface area contributed by atoms with Crippen LogP contribution in [0.15, 0.2) is 18.2 Å². The van der Waals surface area contributed by atoms with Gasteiger partial charge in [0.2, 0.25) is 0 Å². The summed E-state index contributed by atoms with van der Waals surface area (Å²) in [6.45, 7) is 2.94. The maximum atomic E-state index is 9.85. The van der Waals surface area contributed by atoms with E-state index in [4.69, 9.17) is 27.9 Å². The quantitative estimate of drug-likeness (QED) is 0.848. The number of ether oxygens (including phenoxy) is 1. The fourth-order valence-electron chi connectivity index (χ4n) is 2.23. The number of aliphatic hydroxyl groups excluding tert-OH is 1. The van der Waals surface area contributed by atoms with Gasteiger partial charge in [0.1, 0.15) is 12.7 Å². The van der Waals surface area contributed by atoms with Crippen LogP contribution in [0.3, 0.4) is 0 Å². The molecule has 3 nitrogen and oxygen atoms in total. The molecule has 19 heavy (non-hydrogen) atoms. The van der Waals surface area contributed by atoms with Gasteiger partial charge in [0, 0.05) is 12.6 Å². The molecule has 0 radical (unpaired) electrons. The average Bonchev–Trinajstić information content (AvgIpc) is 2.32. The number of para-hydroxylation sites is 1. The van der Waals surface area contributed by atoms with Crippen molar-refractivity contribution in [3.8, 4) is 5.75 Å². The van der Waals surface area contributed by atoms with Gasteiger partial charge < -0.3 is 15.2 Å². The summed E-state index contributed by atoms with van der Waals surface area (Å²) < 4.78 is 5.48. The molecule has 1 aromatic rings. The average molecular weight is 304 g/mol. The Kier molecular flexibility index (Phi) is 5.34. The van der Waals surface area contributed by atoms with Crippen LogP contribution in [-0.2, 0) is 0 Å². The molecule has 1 unspecified atom stereocenters. The van der Waals surface area contributed by atoms with Gasteiger partial charge in [0.05, 0.1) is 10.0 Å². The maximum absolute atomic E-state index is 9.85. The lowest BCUT2D eigenvalue weighted by Gasteiger charge is -2.34. The van der Waals surface area contributed by atoms with E-state index in [2.05, 4.69) is 12.2 Å². The summed E-state index contributed by atoms with van der Waals surface area (Å²) in [5.41, 5.74) is 0. The Morgan fingerprint density at radius 1 is 1.37 bits per heavy atom. The van der Waals surface area contributed by atoms with Crippen LogP contribution >= 0.6 is 23.2 Å². The van der Waals surface area contributed by atoms with E-state index in [0.29, 0.717) is 28.4 Å². The fourth-order valence-corrected chi connectivity index (χ4v) is 2.74. The van der Waals surface area contributed by atoms with Gasteiger partial charge in [-0.05, 0) is 30.9 Å². The van der Waals surface area contributed by atoms with E-state index in [0.717, 1.165) is 5.92 Å². The van der Waals surface area contributed by atoms with E-state index in [-0.39, 0.29) is 6.61 Å². The molecule has 1 fully saturated rings. The molecule has 1 saturated carbocycles. The highest BCUT2D eigenvalue weighted by Gasteiger charge is 2.25. The number of hydrogen-bond donors (Lipinski definition) is 2. The van der Waals surface area contributed by atoms with E-state index < -0.39 is 6.10 Å². The molecule has 106 valence electrons. The van der Waals surface area contributed by atoms with E-state index in [1.807, 2.05) is 0 Å². The summed E-state index contributed by atoms with van der Waals surface area (Å²) in [7, 11) is 0. The van der Waals surface area contributed by atoms with Crippen LogP contribution in [0.4, 0.5) is 0 Å². The second-order valence-corrected chi connectivity index (χ2v) is 6.01. The van der Waals surface area contributed by atoms with E-state index in [9.17, 15) is 5.11 Å². The lowest BCUT2D eigenvalue weighted by molar-refractivity contribution is 0.0956. The van der Waals surface area contributed by atoms with Gasteiger partial charge in [-0.1, -0.05) is 36.2 Å². The first-order valence-corrected chi connectivity index (χ1v) is 7.30. The number of aliphatic hydroxyl groups is 1. The molecular weight excluding hydrogens is 285 g/mol. The third kappa shape index (κ3) is 4.25. The Labute approximate surface area is 123 Å². The molecule has 0 saturated heterocycles. The van der Waals surface area contributed by atoms with Crippen molar-refractivity contribution >= 4 is 23.2 Å². The first-order chi connectivity index (χ1) is 9.06. The zero-order valence-electron chi connectivity index (χ0n) is 10.9. The Balaban J connectivity index is 1.72. The summed E-state index contributed by atoms with van der Waals surface area (Å²) in [6, 6.07) is 5.72. The van der Waals surface area contributed by atoms with Crippen molar-refractivity contribution in [2.24, 2.45) is 5.92 Å². The lowest BCUT2D eigenvalue weighted by atomic mass is 9.82. The van der Waals surface area contributed by atoms with Crippen molar-refractivity contribution in [3.63, 3.8) is 0 Å². The largest absolute Gasteiger partial charge is 0.488 e. The monoisotopic (exact) mass is 303 g/mol. The minimum Gasteiger partial charge on any atom is -0.488 e. The summed E-state index contributed by atoms with van der Waals surface area (Å²) in [4.78, 5) is 0. The third-order valence-electron chi connectivity index (χ3n) is 3.35. The second kappa shape index (κ2) is 6.80. The van der Waals surface area contributed by atoms with Crippen molar-refractivity contribution in [2.75, 3.05) is 13.2 Å². The summed E-state index contributed by atoms with van der Waals surface area (Å²) >= 11 is 12.0. The number of nitrogens with one attached hydrogen (secondary N) is 1. The standard InChI is InChI=1S/C14H19Cl2NO2/c1-9-5-10(6-9)17-7-11(18)8-19-14-12(15)3-2-4-13(14)16/h2-4,9-11,17-18H,5-8H2,1H3.